The zero-order valence-electron chi connectivity index (χ0n) is 8.91. The highest BCUT2D eigenvalue weighted by molar-refractivity contribution is 5.99. The van der Waals surface area contributed by atoms with E-state index in [1.54, 1.807) is 0 Å². The molecule has 2 fully saturated rings. The Morgan fingerprint density at radius 1 is 1.20 bits per heavy atom. The molecule has 0 aliphatic carbocycles. The Bertz CT molecular complexity index is 268. The van der Waals surface area contributed by atoms with Crippen LogP contribution in [0.1, 0.15) is 19.8 Å². The van der Waals surface area contributed by atoms with E-state index in [0.29, 0.717) is 26.3 Å². The van der Waals surface area contributed by atoms with Crippen LogP contribution >= 0.6 is 0 Å². The van der Waals surface area contributed by atoms with Crippen LogP contribution in [0.5, 0.6) is 0 Å². The van der Waals surface area contributed by atoms with E-state index in [0.717, 1.165) is 12.8 Å². The fourth-order valence-corrected chi connectivity index (χ4v) is 2.15. The molecular formula is C10H16N2O3. The van der Waals surface area contributed by atoms with Gasteiger partial charge in [0.15, 0.2) is 0 Å². The molecule has 0 aromatic heterocycles. The number of nitrogens with one attached hydrogen (secondary N) is 1. The molecule has 2 aliphatic rings. The quantitative estimate of drug-likeness (QED) is 0.596. The molecule has 1 N–H and O–H groups in total. The molecule has 0 atom stereocenters. The van der Waals surface area contributed by atoms with Gasteiger partial charge in [0, 0.05) is 18.8 Å². The molecule has 2 heterocycles. The van der Waals surface area contributed by atoms with E-state index in [1.807, 2.05) is 4.90 Å². The van der Waals surface area contributed by atoms with Crippen molar-refractivity contribution < 1.29 is 14.3 Å². The summed E-state index contributed by atoms with van der Waals surface area (Å²) in [7, 11) is 0. The zero-order chi connectivity index (χ0) is 10.9. The number of carbonyl (C=O) groups excluding carboxylic acids is 2. The van der Waals surface area contributed by atoms with Gasteiger partial charge < -0.3 is 4.74 Å². The molecule has 0 unspecified atom stereocenters. The van der Waals surface area contributed by atoms with Crippen LogP contribution < -0.4 is 5.32 Å². The summed E-state index contributed by atoms with van der Waals surface area (Å²) in [4.78, 5) is 24.5. The second-order valence-corrected chi connectivity index (χ2v) is 4.44. The van der Waals surface area contributed by atoms with Crippen LogP contribution in [0.15, 0.2) is 0 Å². The first-order chi connectivity index (χ1) is 7.10. The number of hydrogen-bond donors (Lipinski definition) is 1. The molecule has 2 rings (SSSR count). The molecule has 2 aliphatic heterocycles. The topological polar surface area (TPSA) is 58.6 Å². The molecule has 0 spiro atoms. The predicted molar refractivity (Wildman–Crippen MR) is 53.2 cm³/mol. The van der Waals surface area contributed by atoms with Gasteiger partial charge in [-0.1, -0.05) is 0 Å². The lowest BCUT2D eigenvalue weighted by atomic mass is 9.89. The zero-order valence-corrected chi connectivity index (χ0v) is 8.91. The van der Waals surface area contributed by atoms with Gasteiger partial charge in [0.1, 0.15) is 0 Å². The minimum atomic E-state index is -0.195. The lowest BCUT2D eigenvalue weighted by molar-refractivity contribution is -0.141. The molecule has 0 bridgehead atoms. The summed E-state index contributed by atoms with van der Waals surface area (Å²) in [5.74, 6) is -0.391. The minimum Gasteiger partial charge on any atom is -0.381 e. The van der Waals surface area contributed by atoms with E-state index in [4.69, 9.17) is 4.74 Å². The van der Waals surface area contributed by atoms with Gasteiger partial charge in [-0.2, -0.15) is 0 Å². The Balaban J connectivity index is 2.07. The molecule has 0 aromatic carbocycles. The van der Waals surface area contributed by atoms with Gasteiger partial charge in [-0.05, 0) is 19.8 Å². The third-order valence-corrected chi connectivity index (χ3v) is 3.28. The first-order valence-electron chi connectivity index (χ1n) is 5.26. The Kier molecular flexibility index (Phi) is 2.75. The van der Waals surface area contributed by atoms with Gasteiger partial charge >= 0.3 is 0 Å². The first kappa shape index (κ1) is 10.6. The molecule has 0 radical (unpaired) electrons. The third kappa shape index (κ3) is 2.18. The van der Waals surface area contributed by atoms with Crippen molar-refractivity contribution in [2.75, 3.05) is 26.3 Å². The van der Waals surface area contributed by atoms with Gasteiger partial charge in [-0.15, -0.1) is 0 Å². The highest BCUT2D eigenvalue weighted by atomic mass is 16.5. The Labute approximate surface area is 88.8 Å². The third-order valence-electron chi connectivity index (χ3n) is 3.28. The van der Waals surface area contributed by atoms with Gasteiger partial charge in [0.05, 0.1) is 13.1 Å². The van der Waals surface area contributed by atoms with E-state index in [2.05, 4.69) is 12.2 Å². The monoisotopic (exact) mass is 212 g/mol. The van der Waals surface area contributed by atoms with Crippen molar-refractivity contribution in [3.05, 3.63) is 0 Å². The minimum absolute atomic E-state index is 0.0638. The van der Waals surface area contributed by atoms with Crippen LogP contribution in [0.25, 0.3) is 0 Å². The molecule has 84 valence electrons. The summed E-state index contributed by atoms with van der Waals surface area (Å²) >= 11 is 0. The highest BCUT2D eigenvalue weighted by Gasteiger charge is 2.38. The lowest BCUT2D eigenvalue weighted by Crippen LogP contribution is -2.60. The Hall–Kier alpha value is -0.940. The lowest BCUT2D eigenvalue weighted by Gasteiger charge is -2.44. The van der Waals surface area contributed by atoms with Gasteiger partial charge in [0.25, 0.3) is 0 Å². The highest BCUT2D eigenvalue weighted by Crippen LogP contribution is 2.27. The van der Waals surface area contributed by atoms with Crippen molar-refractivity contribution in [2.45, 2.75) is 25.3 Å². The first-order valence-corrected chi connectivity index (χ1v) is 5.26. The maximum atomic E-state index is 11.3. The van der Waals surface area contributed by atoms with Crippen LogP contribution in [0.2, 0.25) is 0 Å². The smallest absolute Gasteiger partial charge is 0.240 e. The van der Waals surface area contributed by atoms with E-state index in [-0.39, 0.29) is 17.4 Å². The summed E-state index contributed by atoms with van der Waals surface area (Å²) in [5, 5.41) is 2.31. The van der Waals surface area contributed by atoms with Crippen LogP contribution in [0.3, 0.4) is 0 Å². The SMILES string of the molecule is CC1(N2CC(=O)NC(=O)C2)CCOCC1. The van der Waals surface area contributed by atoms with Crippen molar-refractivity contribution in [3.8, 4) is 0 Å². The number of carbonyl (C=O) groups is 2. The van der Waals surface area contributed by atoms with Gasteiger partial charge in [-0.3, -0.25) is 19.8 Å². The second-order valence-electron chi connectivity index (χ2n) is 4.44. The number of amides is 2. The number of nitrogens with zero attached hydrogens (tertiary/aromatic N) is 1. The molecule has 0 aromatic rings. The van der Waals surface area contributed by atoms with Crippen LogP contribution in [-0.4, -0.2) is 48.6 Å². The predicted octanol–water partition coefficient (Wildman–Crippen LogP) is -0.486. The maximum Gasteiger partial charge on any atom is 0.240 e. The number of hydrogen-bond acceptors (Lipinski definition) is 4. The summed E-state index contributed by atoms with van der Waals surface area (Å²) < 4.78 is 5.30. The molecule has 5 nitrogen and oxygen atoms in total. The standard InChI is InChI=1S/C10H16N2O3/c1-10(2-4-15-5-3-10)12-6-8(13)11-9(14)7-12/h2-7H2,1H3,(H,11,13,14). The van der Waals surface area contributed by atoms with Crippen molar-refractivity contribution >= 4 is 11.8 Å². The van der Waals surface area contributed by atoms with Crippen molar-refractivity contribution in [2.24, 2.45) is 0 Å². The van der Waals surface area contributed by atoms with Crippen molar-refractivity contribution in [1.29, 1.82) is 0 Å². The van der Waals surface area contributed by atoms with E-state index < -0.39 is 0 Å². The van der Waals surface area contributed by atoms with Gasteiger partial charge in [0.2, 0.25) is 11.8 Å². The molecule has 2 amide bonds. The number of ether oxygens (including phenoxy) is 1. The summed E-state index contributed by atoms with van der Waals surface area (Å²) in [5.41, 5.74) is -0.0638. The Morgan fingerprint density at radius 2 is 1.73 bits per heavy atom. The number of piperazine rings is 1. The van der Waals surface area contributed by atoms with Crippen LogP contribution in [0.4, 0.5) is 0 Å². The van der Waals surface area contributed by atoms with Gasteiger partial charge in [-0.25, -0.2) is 0 Å². The molecule has 2 saturated heterocycles. The average Bonchev–Trinajstić information content (AvgIpc) is 2.17. The average molecular weight is 212 g/mol. The number of imide groups is 1. The summed E-state index contributed by atoms with van der Waals surface area (Å²) in [6.45, 7) is 4.16. The largest absolute Gasteiger partial charge is 0.381 e. The Morgan fingerprint density at radius 3 is 2.27 bits per heavy atom. The molecule has 0 saturated carbocycles. The van der Waals surface area contributed by atoms with E-state index >= 15 is 0 Å². The molecule has 5 heteroatoms. The summed E-state index contributed by atoms with van der Waals surface area (Å²) in [6, 6.07) is 0. The fraction of sp³-hybridized carbons (Fsp3) is 0.800. The van der Waals surface area contributed by atoms with Crippen LogP contribution in [0, 0.1) is 0 Å². The molecule has 15 heavy (non-hydrogen) atoms. The van der Waals surface area contributed by atoms with Crippen LogP contribution in [-0.2, 0) is 14.3 Å². The second kappa shape index (κ2) is 3.90. The maximum absolute atomic E-state index is 11.3. The normalized spacial score (nSPS) is 27.5. The fourth-order valence-electron chi connectivity index (χ4n) is 2.15. The van der Waals surface area contributed by atoms with E-state index in [1.165, 1.54) is 0 Å². The van der Waals surface area contributed by atoms with Crippen molar-refractivity contribution in [1.82, 2.24) is 10.2 Å². The number of rotatable bonds is 1. The molecular weight excluding hydrogens is 196 g/mol. The summed E-state index contributed by atoms with van der Waals surface area (Å²) in [6.07, 6.45) is 1.76. The van der Waals surface area contributed by atoms with E-state index in [9.17, 15) is 9.59 Å². The van der Waals surface area contributed by atoms with Crippen molar-refractivity contribution in [3.63, 3.8) is 0 Å².